The average molecular weight is 297 g/mol. The molecule has 0 atom stereocenters. The van der Waals surface area contributed by atoms with Gasteiger partial charge in [-0.05, 0) is 12.5 Å². The van der Waals surface area contributed by atoms with Gasteiger partial charge in [-0.25, -0.2) is 9.97 Å². The molecule has 0 spiro atoms. The van der Waals surface area contributed by atoms with Gasteiger partial charge in [0.1, 0.15) is 5.82 Å². The molecule has 0 saturated carbocycles. The van der Waals surface area contributed by atoms with E-state index in [0.717, 1.165) is 17.1 Å². The molecule has 0 bridgehead atoms. The van der Waals surface area contributed by atoms with Crippen molar-refractivity contribution in [3.05, 3.63) is 59.2 Å². The predicted molar refractivity (Wildman–Crippen MR) is 82.7 cm³/mol. The molecule has 2 heterocycles. The predicted octanol–water partition coefficient (Wildman–Crippen LogP) is 1.85. The lowest BCUT2D eigenvalue weighted by Gasteiger charge is -2.27. The molecule has 2 aromatic rings. The molecule has 1 aromatic heterocycles. The lowest BCUT2D eigenvalue weighted by Crippen LogP contribution is -2.41. The van der Waals surface area contributed by atoms with Crippen molar-refractivity contribution in [3.8, 4) is 0 Å². The first kappa shape index (κ1) is 14.7. The Morgan fingerprint density at radius 3 is 2.64 bits per heavy atom. The first-order chi connectivity index (χ1) is 10.7. The maximum absolute atomic E-state index is 12.5. The van der Waals surface area contributed by atoms with E-state index in [4.69, 9.17) is 4.74 Å². The smallest absolute Gasteiger partial charge is 0.257 e. The Kier molecular flexibility index (Phi) is 4.44. The summed E-state index contributed by atoms with van der Waals surface area (Å²) in [6.07, 6.45) is 2.33. The fourth-order valence-corrected chi connectivity index (χ4v) is 2.53. The third-order valence-electron chi connectivity index (χ3n) is 3.76. The van der Waals surface area contributed by atoms with Gasteiger partial charge in [0.2, 0.25) is 0 Å². The fraction of sp³-hybridized carbons (Fsp3) is 0.353. The quantitative estimate of drug-likeness (QED) is 0.867. The number of aryl methyl sites for hydroxylation is 1. The summed E-state index contributed by atoms with van der Waals surface area (Å²) in [6, 6.07) is 10.1. The third kappa shape index (κ3) is 3.31. The van der Waals surface area contributed by atoms with Gasteiger partial charge in [-0.15, -0.1) is 0 Å². The summed E-state index contributed by atoms with van der Waals surface area (Å²) < 4.78 is 5.28. The highest BCUT2D eigenvalue weighted by Gasteiger charge is 2.21. The Bertz CT molecular complexity index is 652. The first-order valence-electron chi connectivity index (χ1n) is 7.47. The van der Waals surface area contributed by atoms with Gasteiger partial charge in [0, 0.05) is 25.7 Å². The fourth-order valence-electron chi connectivity index (χ4n) is 2.53. The third-order valence-corrected chi connectivity index (χ3v) is 3.76. The van der Waals surface area contributed by atoms with E-state index in [0.29, 0.717) is 38.3 Å². The molecule has 3 rings (SSSR count). The molecule has 1 fully saturated rings. The second-order valence-corrected chi connectivity index (χ2v) is 5.35. The average Bonchev–Trinajstić information content (AvgIpc) is 2.56. The minimum atomic E-state index is -0.00735. The van der Waals surface area contributed by atoms with E-state index in [1.807, 2.05) is 37.3 Å². The van der Waals surface area contributed by atoms with Crippen LogP contribution in [0.25, 0.3) is 0 Å². The Hall–Kier alpha value is -2.27. The zero-order valence-electron chi connectivity index (χ0n) is 12.7. The molecule has 5 heteroatoms. The van der Waals surface area contributed by atoms with Gasteiger partial charge < -0.3 is 9.64 Å². The summed E-state index contributed by atoms with van der Waals surface area (Å²) >= 11 is 0. The lowest BCUT2D eigenvalue weighted by atomic mass is 10.1. The Balaban J connectivity index is 1.75. The number of nitrogens with zero attached hydrogens (tertiary/aromatic N) is 3. The molecule has 0 N–H and O–H groups in total. The second kappa shape index (κ2) is 6.66. The van der Waals surface area contributed by atoms with Crippen molar-refractivity contribution in [2.75, 3.05) is 26.3 Å². The van der Waals surface area contributed by atoms with E-state index in [2.05, 4.69) is 9.97 Å². The summed E-state index contributed by atoms with van der Waals surface area (Å²) in [6.45, 7) is 4.31. The van der Waals surface area contributed by atoms with Crippen molar-refractivity contribution < 1.29 is 9.53 Å². The van der Waals surface area contributed by atoms with E-state index in [1.54, 1.807) is 11.1 Å². The summed E-state index contributed by atoms with van der Waals surface area (Å²) in [5.41, 5.74) is 2.48. The maximum atomic E-state index is 12.5. The van der Waals surface area contributed by atoms with Gasteiger partial charge in [-0.2, -0.15) is 0 Å². The summed E-state index contributed by atoms with van der Waals surface area (Å²) in [4.78, 5) is 23.1. The van der Waals surface area contributed by atoms with Gasteiger partial charge >= 0.3 is 0 Å². The molecule has 1 saturated heterocycles. The van der Waals surface area contributed by atoms with Gasteiger partial charge in [0.15, 0.2) is 0 Å². The van der Waals surface area contributed by atoms with Crippen LogP contribution in [0.2, 0.25) is 0 Å². The van der Waals surface area contributed by atoms with E-state index in [-0.39, 0.29) is 5.91 Å². The van der Waals surface area contributed by atoms with Crippen LogP contribution in [0.5, 0.6) is 0 Å². The first-order valence-corrected chi connectivity index (χ1v) is 7.47. The van der Waals surface area contributed by atoms with Crippen LogP contribution in [-0.4, -0.2) is 47.1 Å². The minimum Gasteiger partial charge on any atom is -0.378 e. The van der Waals surface area contributed by atoms with Gasteiger partial charge in [-0.1, -0.05) is 30.3 Å². The van der Waals surface area contributed by atoms with E-state index >= 15 is 0 Å². The Labute approximate surface area is 130 Å². The second-order valence-electron chi connectivity index (χ2n) is 5.35. The van der Waals surface area contributed by atoms with Crippen LogP contribution >= 0.6 is 0 Å². The number of aromatic nitrogens is 2. The van der Waals surface area contributed by atoms with Crippen molar-refractivity contribution in [1.29, 1.82) is 0 Å². The lowest BCUT2D eigenvalue weighted by molar-refractivity contribution is 0.0301. The number of amides is 1. The number of benzene rings is 1. The van der Waals surface area contributed by atoms with Crippen LogP contribution < -0.4 is 0 Å². The molecule has 0 radical (unpaired) electrons. The standard InChI is InChI=1S/C17H19N3O2/c1-13-15(17(21)20-7-9-22-10-8-20)12-18-16(19-13)11-14-5-3-2-4-6-14/h2-6,12H,7-11H2,1H3. The largest absolute Gasteiger partial charge is 0.378 e. The topological polar surface area (TPSA) is 55.3 Å². The zero-order valence-corrected chi connectivity index (χ0v) is 12.7. The van der Waals surface area contributed by atoms with Crippen molar-refractivity contribution in [2.45, 2.75) is 13.3 Å². The summed E-state index contributed by atoms with van der Waals surface area (Å²) in [7, 11) is 0. The molecular formula is C17H19N3O2. The molecule has 5 nitrogen and oxygen atoms in total. The number of carbonyl (C=O) groups excluding carboxylic acids is 1. The Morgan fingerprint density at radius 1 is 1.23 bits per heavy atom. The molecule has 0 unspecified atom stereocenters. The van der Waals surface area contributed by atoms with Crippen LogP contribution in [0.1, 0.15) is 27.4 Å². The summed E-state index contributed by atoms with van der Waals surface area (Å²) in [5.74, 6) is 0.731. The number of carbonyl (C=O) groups is 1. The van der Waals surface area contributed by atoms with Crippen molar-refractivity contribution in [3.63, 3.8) is 0 Å². The highest BCUT2D eigenvalue weighted by molar-refractivity contribution is 5.95. The van der Waals surface area contributed by atoms with Crippen LogP contribution in [0.4, 0.5) is 0 Å². The zero-order chi connectivity index (χ0) is 15.4. The number of ether oxygens (including phenoxy) is 1. The van der Waals surface area contributed by atoms with Crippen LogP contribution in [-0.2, 0) is 11.2 Å². The van der Waals surface area contributed by atoms with E-state index in [1.165, 1.54) is 0 Å². The van der Waals surface area contributed by atoms with Crippen LogP contribution in [0.15, 0.2) is 36.5 Å². The monoisotopic (exact) mass is 297 g/mol. The van der Waals surface area contributed by atoms with E-state index in [9.17, 15) is 4.79 Å². The molecule has 0 aliphatic carbocycles. The number of morpholine rings is 1. The molecule has 1 amide bonds. The van der Waals surface area contributed by atoms with Crippen LogP contribution in [0.3, 0.4) is 0 Å². The van der Waals surface area contributed by atoms with Crippen molar-refractivity contribution >= 4 is 5.91 Å². The van der Waals surface area contributed by atoms with Crippen molar-refractivity contribution in [1.82, 2.24) is 14.9 Å². The number of rotatable bonds is 3. The van der Waals surface area contributed by atoms with E-state index < -0.39 is 0 Å². The molecular weight excluding hydrogens is 278 g/mol. The van der Waals surface area contributed by atoms with Gasteiger partial charge in [-0.3, -0.25) is 4.79 Å². The molecule has 1 aliphatic heterocycles. The Morgan fingerprint density at radius 2 is 1.95 bits per heavy atom. The van der Waals surface area contributed by atoms with Gasteiger partial charge in [0.05, 0.1) is 24.5 Å². The van der Waals surface area contributed by atoms with Gasteiger partial charge in [0.25, 0.3) is 5.91 Å². The van der Waals surface area contributed by atoms with Crippen molar-refractivity contribution in [2.24, 2.45) is 0 Å². The SMILES string of the molecule is Cc1nc(Cc2ccccc2)ncc1C(=O)N1CCOCC1. The summed E-state index contributed by atoms with van der Waals surface area (Å²) in [5, 5.41) is 0. The maximum Gasteiger partial charge on any atom is 0.257 e. The highest BCUT2D eigenvalue weighted by atomic mass is 16.5. The molecule has 1 aromatic carbocycles. The van der Waals surface area contributed by atoms with Crippen LogP contribution in [0, 0.1) is 6.92 Å². The number of hydrogen-bond donors (Lipinski definition) is 0. The molecule has 22 heavy (non-hydrogen) atoms. The molecule has 1 aliphatic rings. The molecule has 114 valence electrons. The number of hydrogen-bond acceptors (Lipinski definition) is 4. The minimum absolute atomic E-state index is 0.00735. The normalized spacial score (nSPS) is 14.9. The highest BCUT2D eigenvalue weighted by Crippen LogP contribution is 2.12.